The van der Waals surface area contributed by atoms with Crippen LogP contribution in [-0.4, -0.2) is 65.9 Å². The summed E-state index contributed by atoms with van der Waals surface area (Å²) in [4.78, 5) is 30.5. The summed E-state index contributed by atoms with van der Waals surface area (Å²) in [5.74, 6) is -4.61. The molecule has 1 atom stereocenters. The highest BCUT2D eigenvalue weighted by molar-refractivity contribution is 5.73. The summed E-state index contributed by atoms with van der Waals surface area (Å²) in [6.45, 7) is 6.13. The first-order valence-electron chi connectivity index (χ1n) is 13.7. The number of rotatable bonds is 10. The number of amides is 1. The molecule has 1 amide bonds. The number of carbonyl (C=O) groups is 2. The zero-order valence-electron chi connectivity index (χ0n) is 23.7. The second-order valence-electron chi connectivity index (χ2n) is 9.77. The largest absolute Gasteiger partial charge is 0.479 e. The second-order valence-corrected chi connectivity index (χ2v) is 9.77. The fourth-order valence-electron chi connectivity index (χ4n) is 4.65. The van der Waals surface area contributed by atoms with E-state index in [-0.39, 0.29) is 45.0 Å². The van der Waals surface area contributed by atoms with Crippen LogP contribution in [0.25, 0.3) is 11.1 Å². The van der Waals surface area contributed by atoms with E-state index in [0.29, 0.717) is 6.54 Å². The van der Waals surface area contributed by atoms with Crippen molar-refractivity contribution in [2.45, 2.75) is 39.8 Å². The number of benzene rings is 2. The van der Waals surface area contributed by atoms with Gasteiger partial charge in [0.2, 0.25) is 11.6 Å². The Balaban J connectivity index is 1.72. The third-order valence-electron chi connectivity index (χ3n) is 6.78. The van der Waals surface area contributed by atoms with Crippen molar-refractivity contribution in [3.63, 3.8) is 0 Å². The van der Waals surface area contributed by atoms with E-state index >= 15 is 8.78 Å². The van der Waals surface area contributed by atoms with Gasteiger partial charge in [-0.1, -0.05) is 31.2 Å². The molecule has 1 saturated heterocycles. The highest BCUT2D eigenvalue weighted by Crippen LogP contribution is 2.38. The number of carbonyl (C=O) groups excluding carboxylic acids is 1. The normalized spacial score (nSPS) is 14.0. The molecule has 3 N–H and O–H groups in total. The fraction of sp³-hybridized carbons (Fsp3) is 0.367. The molecule has 2 aromatic carbocycles. The van der Waals surface area contributed by atoms with Crippen molar-refractivity contribution in [1.82, 2.24) is 9.88 Å². The Bertz CT molecular complexity index is 1450. The number of aliphatic carboxylic acids is 1. The van der Waals surface area contributed by atoms with Crippen molar-refractivity contribution >= 4 is 17.7 Å². The maximum absolute atomic E-state index is 16.0. The molecule has 0 bridgehead atoms. The van der Waals surface area contributed by atoms with Crippen LogP contribution in [0.4, 0.5) is 19.3 Å². The van der Waals surface area contributed by atoms with Gasteiger partial charge in [-0.2, -0.15) is 13.8 Å². The van der Waals surface area contributed by atoms with Gasteiger partial charge in [0.05, 0.1) is 6.61 Å². The van der Waals surface area contributed by atoms with Crippen LogP contribution in [0, 0.1) is 18.6 Å². The van der Waals surface area contributed by atoms with Gasteiger partial charge >= 0.3 is 12.1 Å². The predicted octanol–water partition coefficient (Wildman–Crippen LogP) is 5.11. The van der Waals surface area contributed by atoms with Crippen LogP contribution >= 0.6 is 0 Å². The van der Waals surface area contributed by atoms with Crippen LogP contribution in [0.15, 0.2) is 42.5 Å². The predicted molar refractivity (Wildman–Crippen MR) is 152 cm³/mol. The average molecular weight is 585 g/mol. The molecule has 2 heterocycles. The van der Waals surface area contributed by atoms with Crippen molar-refractivity contribution in [2.24, 2.45) is 5.73 Å². The molecule has 0 saturated carbocycles. The van der Waals surface area contributed by atoms with Crippen LogP contribution in [0.1, 0.15) is 31.4 Å². The lowest BCUT2D eigenvalue weighted by atomic mass is 10.0. The first-order valence-corrected chi connectivity index (χ1v) is 13.7. The molecule has 3 aromatic rings. The van der Waals surface area contributed by atoms with E-state index in [1.165, 1.54) is 9.80 Å². The smallest absolute Gasteiger partial charge is 0.409 e. The van der Waals surface area contributed by atoms with Gasteiger partial charge in [-0.3, -0.25) is 0 Å². The molecular formula is C30H34F2N4O6. The summed E-state index contributed by atoms with van der Waals surface area (Å²) < 4.78 is 48.1. The van der Waals surface area contributed by atoms with Gasteiger partial charge < -0.3 is 34.9 Å². The molecule has 4 rings (SSSR count). The van der Waals surface area contributed by atoms with E-state index < -0.39 is 47.2 Å². The number of ether oxygens (including phenoxy) is 3. The van der Waals surface area contributed by atoms with Gasteiger partial charge in [-0.15, -0.1) is 0 Å². The van der Waals surface area contributed by atoms with Gasteiger partial charge in [-0.25, -0.2) is 9.59 Å². The lowest BCUT2D eigenvalue weighted by molar-refractivity contribution is -0.145. The molecule has 0 aliphatic carbocycles. The van der Waals surface area contributed by atoms with Crippen LogP contribution in [0.3, 0.4) is 0 Å². The van der Waals surface area contributed by atoms with E-state index in [1.54, 1.807) is 26.0 Å². The number of carboxylic acid groups (broad SMARTS) is 1. The maximum Gasteiger partial charge on any atom is 0.409 e. The summed E-state index contributed by atoms with van der Waals surface area (Å²) in [5, 5.41) is 9.49. The van der Waals surface area contributed by atoms with Crippen molar-refractivity contribution in [3.8, 4) is 28.6 Å². The molecule has 1 aliphatic rings. The Morgan fingerprint density at radius 2 is 1.74 bits per heavy atom. The molecule has 12 heteroatoms. The van der Waals surface area contributed by atoms with E-state index in [0.717, 1.165) is 22.3 Å². The number of nitrogens with two attached hydrogens (primary N) is 1. The van der Waals surface area contributed by atoms with Crippen molar-refractivity contribution < 1.29 is 37.7 Å². The molecule has 224 valence electrons. The van der Waals surface area contributed by atoms with Crippen LogP contribution < -0.4 is 20.1 Å². The minimum Gasteiger partial charge on any atom is -0.479 e. The molecule has 1 fully saturated rings. The Morgan fingerprint density at radius 3 is 2.38 bits per heavy atom. The standard InChI is InChI=1S/C30H34F2N4O6/c1-4-23(29(37)38)42-28-25(32)26(35-9-11-36(12-10-35)30(39)40-5-2)24(31)27(34-28)41-22-14-18(3)13-21(16-22)20-8-6-7-19(15-20)17-33/h6-8,13-16,23H,4-5,9-12,17,33H2,1-3H3,(H,37,38). The topological polar surface area (TPSA) is 127 Å². The average Bonchev–Trinajstić information content (AvgIpc) is 2.98. The van der Waals surface area contributed by atoms with E-state index in [4.69, 9.17) is 19.9 Å². The van der Waals surface area contributed by atoms with Gasteiger partial charge in [0, 0.05) is 32.7 Å². The SMILES string of the molecule is CCOC(=O)N1CCN(c2c(F)c(Oc3cc(C)cc(-c4cccc(CN)c4)c3)nc(OC(CC)C(=O)O)c2F)CC1. The highest BCUT2D eigenvalue weighted by atomic mass is 19.1. The Labute approximate surface area is 242 Å². The van der Waals surface area contributed by atoms with Crippen molar-refractivity contribution in [3.05, 3.63) is 65.2 Å². The number of nitrogens with zero attached hydrogens (tertiary/aromatic N) is 3. The van der Waals surface area contributed by atoms with Crippen molar-refractivity contribution in [1.29, 1.82) is 0 Å². The van der Waals surface area contributed by atoms with Crippen LogP contribution in [0.5, 0.6) is 17.5 Å². The monoisotopic (exact) mass is 584 g/mol. The fourth-order valence-corrected chi connectivity index (χ4v) is 4.65. The minimum absolute atomic E-state index is 0.0146. The highest BCUT2D eigenvalue weighted by Gasteiger charge is 2.32. The molecule has 1 aliphatic heterocycles. The Morgan fingerprint density at radius 1 is 1.02 bits per heavy atom. The maximum atomic E-state index is 16.0. The lowest BCUT2D eigenvalue weighted by Gasteiger charge is -2.35. The second kappa shape index (κ2) is 13.5. The molecule has 0 spiro atoms. The van der Waals surface area contributed by atoms with Gasteiger partial charge in [0.1, 0.15) is 11.4 Å². The number of aryl methyl sites for hydroxylation is 1. The summed E-state index contributed by atoms with van der Waals surface area (Å²) in [5.41, 5.74) is 8.71. The number of carboxylic acids is 1. The third-order valence-corrected chi connectivity index (χ3v) is 6.78. The quantitative estimate of drug-likeness (QED) is 0.334. The van der Waals surface area contributed by atoms with E-state index in [1.807, 2.05) is 37.3 Å². The number of anilines is 1. The number of aromatic nitrogens is 1. The van der Waals surface area contributed by atoms with Gasteiger partial charge in [-0.05, 0) is 60.7 Å². The first-order chi connectivity index (χ1) is 20.1. The number of hydrogen-bond acceptors (Lipinski definition) is 8. The summed E-state index contributed by atoms with van der Waals surface area (Å²) >= 11 is 0. The van der Waals surface area contributed by atoms with Crippen LogP contribution in [0.2, 0.25) is 0 Å². The molecule has 42 heavy (non-hydrogen) atoms. The molecule has 0 radical (unpaired) electrons. The zero-order chi connectivity index (χ0) is 30.4. The lowest BCUT2D eigenvalue weighted by Crippen LogP contribution is -2.49. The minimum atomic E-state index is -1.42. The Kier molecular flexibility index (Phi) is 9.79. The van der Waals surface area contributed by atoms with Crippen molar-refractivity contribution in [2.75, 3.05) is 37.7 Å². The number of pyridine rings is 1. The van der Waals surface area contributed by atoms with E-state index in [9.17, 15) is 14.7 Å². The molecule has 10 nitrogen and oxygen atoms in total. The molecule has 1 unspecified atom stereocenters. The van der Waals surface area contributed by atoms with Gasteiger partial charge in [0.15, 0.2) is 6.10 Å². The van der Waals surface area contributed by atoms with Crippen LogP contribution in [-0.2, 0) is 16.1 Å². The van der Waals surface area contributed by atoms with Gasteiger partial charge in [0.25, 0.3) is 11.8 Å². The third kappa shape index (κ3) is 6.88. The number of halogens is 2. The Hall–Kier alpha value is -4.45. The zero-order valence-corrected chi connectivity index (χ0v) is 23.7. The summed E-state index contributed by atoms with van der Waals surface area (Å²) in [7, 11) is 0. The number of piperazine rings is 1. The van der Waals surface area contributed by atoms with E-state index in [2.05, 4.69) is 4.98 Å². The summed E-state index contributed by atoms with van der Waals surface area (Å²) in [6, 6.07) is 12.9. The molecule has 1 aromatic heterocycles. The molecular weight excluding hydrogens is 550 g/mol. The summed E-state index contributed by atoms with van der Waals surface area (Å²) in [6.07, 6.45) is -1.92. The number of hydrogen-bond donors (Lipinski definition) is 2. The first kappa shape index (κ1) is 30.5.